The summed E-state index contributed by atoms with van der Waals surface area (Å²) in [5.41, 5.74) is 0. The largest absolute Gasteiger partial charge is 0.355 e. The smallest absolute Gasteiger partial charge is 0.318 e. The van der Waals surface area contributed by atoms with Gasteiger partial charge in [-0.25, -0.2) is 4.79 Å². The van der Waals surface area contributed by atoms with Crippen LogP contribution in [0.5, 0.6) is 0 Å². The highest BCUT2D eigenvalue weighted by Crippen LogP contribution is 2.25. The second-order valence-electron chi connectivity index (χ2n) is 4.29. The SMILES string of the molecule is CC(=O)NCCNC(=O)N/C=C/C1CCCC1. The van der Waals surface area contributed by atoms with E-state index < -0.39 is 0 Å². The van der Waals surface area contributed by atoms with E-state index in [0.29, 0.717) is 19.0 Å². The molecule has 0 aromatic heterocycles. The molecule has 1 aliphatic carbocycles. The Kier molecular flexibility index (Phi) is 6.14. The van der Waals surface area contributed by atoms with Crippen molar-refractivity contribution in [3.8, 4) is 0 Å². The monoisotopic (exact) mass is 239 g/mol. The Hall–Kier alpha value is -1.52. The maximum Gasteiger partial charge on any atom is 0.318 e. The van der Waals surface area contributed by atoms with Crippen molar-refractivity contribution in [2.24, 2.45) is 5.92 Å². The molecule has 0 aromatic rings. The molecule has 0 heterocycles. The molecule has 0 aliphatic heterocycles. The Morgan fingerprint density at radius 2 is 1.82 bits per heavy atom. The maximum absolute atomic E-state index is 11.3. The molecule has 5 nitrogen and oxygen atoms in total. The minimum atomic E-state index is -0.232. The van der Waals surface area contributed by atoms with Crippen LogP contribution >= 0.6 is 0 Å². The summed E-state index contributed by atoms with van der Waals surface area (Å²) in [7, 11) is 0. The summed E-state index contributed by atoms with van der Waals surface area (Å²) in [5.74, 6) is 0.531. The van der Waals surface area contributed by atoms with Crippen molar-refractivity contribution in [2.45, 2.75) is 32.6 Å². The van der Waals surface area contributed by atoms with Crippen LogP contribution in [0, 0.1) is 5.92 Å². The summed E-state index contributed by atoms with van der Waals surface area (Å²) in [4.78, 5) is 21.8. The van der Waals surface area contributed by atoms with E-state index in [-0.39, 0.29) is 11.9 Å². The Bertz CT molecular complexity index is 283. The highest BCUT2D eigenvalue weighted by molar-refractivity contribution is 5.75. The average Bonchev–Trinajstić information content (AvgIpc) is 2.77. The minimum absolute atomic E-state index is 0.0895. The summed E-state index contributed by atoms with van der Waals surface area (Å²) in [6.45, 7) is 2.34. The summed E-state index contributed by atoms with van der Waals surface area (Å²) >= 11 is 0. The zero-order valence-electron chi connectivity index (χ0n) is 10.3. The lowest BCUT2D eigenvalue weighted by atomic mass is 10.1. The number of amides is 3. The number of rotatable bonds is 5. The van der Waals surface area contributed by atoms with Gasteiger partial charge in [0.25, 0.3) is 0 Å². The Balaban J connectivity index is 2.02. The van der Waals surface area contributed by atoms with Gasteiger partial charge in [-0.15, -0.1) is 0 Å². The molecule has 0 atom stereocenters. The molecule has 0 unspecified atom stereocenters. The van der Waals surface area contributed by atoms with Gasteiger partial charge in [0, 0.05) is 26.2 Å². The molecule has 0 saturated heterocycles. The van der Waals surface area contributed by atoms with E-state index in [9.17, 15) is 9.59 Å². The Labute approximate surface area is 102 Å². The van der Waals surface area contributed by atoms with Crippen molar-refractivity contribution in [1.82, 2.24) is 16.0 Å². The standard InChI is InChI=1S/C12H21N3O2/c1-10(16)13-8-9-15-12(17)14-7-6-11-4-2-3-5-11/h6-7,11H,2-5,8-9H2,1H3,(H,13,16)(H2,14,15,17)/b7-6+. The first kappa shape index (κ1) is 13.5. The van der Waals surface area contributed by atoms with Crippen molar-refractivity contribution in [3.63, 3.8) is 0 Å². The molecule has 0 spiro atoms. The topological polar surface area (TPSA) is 70.2 Å². The summed E-state index contributed by atoms with van der Waals surface area (Å²) in [5, 5.41) is 7.90. The maximum atomic E-state index is 11.3. The fourth-order valence-corrected chi connectivity index (χ4v) is 1.88. The van der Waals surface area contributed by atoms with Gasteiger partial charge in [-0.1, -0.05) is 18.9 Å². The highest BCUT2D eigenvalue weighted by atomic mass is 16.2. The van der Waals surface area contributed by atoms with Crippen LogP contribution in [0.25, 0.3) is 0 Å². The predicted octanol–water partition coefficient (Wildman–Crippen LogP) is 1.13. The van der Waals surface area contributed by atoms with E-state index in [1.807, 2.05) is 0 Å². The van der Waals surface area contributed by atoms with Crippen LogP contribution in [0.3, 0.4) is 0 Å². The van der Waals surface area contributed by atoms with E-state index in [1.165, 1.54) is 32.6 Å². The van der Waals surface area contributed by atoms with Crippen LogP contribution < -0.4 is 16.0 Å². The molecular formula is C12H21N3O2. The van der Waals surface area contributed by atoms with Crippen LogP contribution in [-0.4, -0.2) is 25.0 Å². The number of nitrogens with one attached hydrogen (secondary N) is 3. The highest BCUT2D eigenvalue weighted by Gasteiger charge is 2.10. The average molecular weight is 239 g/mol. The lowest BCUT2D eigenvalue weighted by molar-refractivity contribution is -0.118. The van der Waals surface area contributed by atoms with Gasteiger partial charge in [0.05, 0.1) is 0 Å². The molecule has 17 heavy (non-hydrogen) atoms. The Morgan fingerprint density at radius 1 is 1.18 bits per heavy atom. The first-order valence-corrected chi connectivity index (χ1v) is 6.14. The lowest BCUT2D eigenvalue weighted by Gasteiger charge is -2.05. The van der Waals surface area contributed by atoms with Gasteiger partial charge in [0.2, 0.25) is 5.91 Å². The molecule has 0 radical (unpaired) electrons. The van der Waals surface area contributed by atoms with Crippen molar-refractivity contribution in [2.75, 3.05) is 13.1 Å². The molecule has 1 saturated carbocycles. The zero-order valence-corrected chi connectivity index (χ0v) is 10.3. The van der Waals surface area contributed by atoms with Gasteiger partial charge in [0.1, 0.15) is 0 Å². The molecule has 1 rings (SSSR count). The normalized spacial score (nSPS) is 16.1. The van der Waals surface area contributed by atoms with Crippen LogP contribution in [0.1, 0.15) is 32.6 Å². The molecule has 0 bridgehead atoms. The quantitative estimate of drug-likeness (QED) is 0.629. The minimum Gasteiger partial charge on any atom is -0.355 e. The molecule has 96 valence electrons. The van der Waals surface area contributed by atoms with E-state index in [4.69, 9.17) is 0 Å². The van der Waals surface area contributed by atoms with Gasteiger partial charge in [-0.3, -0.25) is 4.79 Å². The number of hydrogen-bond donors (Lipinski definition) is 3. The third-order valence-electron chi connectivity index (χ3n) is 2.77. The number of allylic oxidation sites excluding steroid dienone is 1. The molecule has 3 N–H and O–H groups in total. The second-order valence-corrected chi connectivity index (χ2v) is 4.29. The van der Waals surface area contributed by atoms with Gasteiger partial charge >= 0.3 is 6.03 Å². The van der Waals surface area contributed by atoms with Crippen molar-refractivity contribution in [3.05, 3.63) is 12.3 Å². The van der Waals surface area contributed by atoms with Crippen molar-refractivity contribution in [1.29, 1.82) is 0 Å². The first-order chi connectivity index (χ1) is 8.18. The fraction of sp³-hybridized carbons (Fsp3) is 0.667. The van der Waals surface area contributed by atoms with E-state index >= 15 is 0 Å². The number of carbonyl (C=O) groups excluding carboxylic acids is 2. The fourth-order valence-electron chi connectivity index (χ4n) is 1.88. The molecule has 3 amide bonds. The lowest BCUT2D eigenvalue weighted by Crippen LogP contribution is -2.38. The van der Waals surface area contributed by atoms with E-state index in [0.717, 1.165) is 0 Å². The predicted molar refractivity (Wildman–Crippen MR) is 66.3 cm³/mol. The third-order valence-corrected chi connectivity index (χ3v) is 2.77. The van der Waals surface area contributed by atoms with Gasteiger partial charge in [-0.2, -0.15) is 0 Å². The second kappa shape index (κ2) is 7.70. The van der Waals surface area contributed by atoms with Gasteiger partial charge in [-0.05, 0) is 18.8 Å². The molecule has 1 aliphatic rings. The molecule has 1 fully saturated rings. The van der Waals surface area contributed by atoms with Gasteiger partial charge < -0.3 is 16.0 Å². The zero-order chi connectivity index (χ0) is 12.5. The first-order valence-electron chi connectivity index (χ1n) is 6.14. The van der Waals surface area contributed by atoms with E-state index in [2.05, 4.69) is 22.0 Å². The van der Waals surface area contributed by atoms with Crippen LogP contribution in [0.4, 0.5) is 4.79 Å². The summed E-state index contributed by atoms with van der Waals surface area (Å²) < 4.78 is 0. The van der Waals surface area contributed by atoms with Crippen molar-refractivity contribution < 1.29 is 9.59 Å². The van der Waals surface area contributed by atoms with Crippen LogP contribution in [0.2, 0.25) is 0 Å². The molecule has 0 aromatic carbocycles. The third kappa shape index (κ3) is 6.60. The molecular weight excluding hydrogens is 218 g/mol. The van der Waals surface area contributed by atoms with E-state index in [1.54, 1.807) is 6.20 Å². The number of hydrogen-bond acceptors (Lipinski definition) is 2. The van der Waals surface area contributed by atoms with Crippen molar-refractivity contribution >= 4 is 11.9 Å². The molecule has 5 heteroatoms. The summed E-state index contributed by atoms with van der Waals surface area (Å²) in [6.07, 6.45) is 8.80. The summed E-state index contributed by atoms with van der Waals surface area (Å²) in [6, 6.07) is -0.232. The number of carbonyl (C=O) groups is 2. The Morgan fingerprint density at radius 3 is 2.47 bits per heavy atom. The van der Waals surface area contributed by atoms with Crippen LogP contribution in [-0.2, 0) is 4.79 Å². The van der Waals surface area contributed by atoms with Crippen LogP contribution in [0.15, 0.2) is 12.3 Å². The van der Waals surface area contributed by atoms with Gasteiger partial charge in [0.15, 0.2) is 0 Å². The number of urea groups is 1.